The fourth-order valence-electron chi connectivity index (χ4n) is 2.02. The summed E-state index contributed by atoms with van der Waals surface area (Å²) in [6.45, 7) is 3.69. The number of H-pyrrole nitrogens is 1. The van der Waals surface area contributed by atoms with Gasteiger partial charge in [0.1, 0.15) is 11.0 Å². The number of aromatic amines is 1. The number of aryl methyl sites for hydroxylation is 2. The molecule has 0 atom stereocenters. The summed E-state index contributed by atoms with van der Waals surface area (Å²) in [5, 5.41) is 16.0. The largest absolute Gasteiger partial charge is 0.250 e. The van der Waals surface area contributed by atoms with E-state index >= 15 is 0 Å². The highest BCUT2D eigenvalue weighted by atomic mass is 35.5. The second-order valence-corrected chi connectivity index (χ2v) is 5.41. The Hall–Kier alpha value is -2.25. The molecule has 0 radical (unpaired) electrons. The SMILES string of the molecule is Cc1nn(-c2ccccc2)c(Cl)c1/C=N\n1c(C)n[nH]c1=S. The van der Waals surface area contributed by atoms with E-state index in [-0.39, 0.29) is 0 Å². The first-order valence-electron chi connectivity index (χ1n) is 6.57. The van der Waals surface area contributed by atoms with E-state index in [2.05, 4.69) is 20.4 Å². The molecule has 112 valence electrons. The van der Waals surface area contributed by atoms with Crippen LogP contribution in [0.25, 0.3) is 5.69 Å². The fourth-order valence-corrected chi connectivity index (χ4v) is 2.57. The van der Waals surface area contributed by atoms with Crippen LogP contribution in [0.1, 0.15) is 17.1 Å². The van der Waals surface area contributed by atoms with Crippen LogP contribution in [-0.2, 0) is 0 Å². The van der Waals surface area contributed by atoms with Crippen LogP contribution in [0.15, 0.2) is 35.4 Å². The van der Waals surface area contributed by atoms with E-state index in [1.807, 2.05) is 44.2 Å². The molecule has 0 amide bonds. The van der Waals surface area contributed by atoms with Gasteiger partial charge in [-0.3, -0.25) is 5.10 Å². The van der Waals surface area contributed by atoms with E-state index in [1.54, 1.807) is 10.9 Å². The van der Waals surface area contributed by atoms with Crippen LogP contribution in [0, 0.1) is 18.6 Å². The lowest BCUT2D eigenvalue weighted by atomic mass is 10.3. The number of rotatable bonds is 3. The van der Waals surface area contributed by atoms with Crippen molar-refractivity contribution in [2.45, 2.75) is 13.8 Å². The van der Waals surface area contributed by atoms with Crippen molar-refractivity contribution >= 4 is 30.0 Å². The zero-order valence-electron chi connectivity index (χ0n) is 12.0. The van der Waals surface area contributed by atoms with Crippen molar-refractivity contribution < 1.29 is 0 Å². The maximum atomic E-state index is 6.43. The van der Waals surface area contributed by atoms with Crippen molar-refractivity contribution in [2.24, 2.45) is 5.10 Å². The summed E-state index contributed by atoms with van der Waals surface area (Å²) in [6.07, 6.45) is 1.64. The first-order valence-corrected chi connectivity index (χ1v) is 7.35. The third-order valence-electron chi connectivity index (χ3n) is 3.16. The molecular weight excluding hydrogens is 320 g/mol. The number of hydrogen-bond donors (Lipinski definition) is 1. The highest BCUT2D eigenvalue weighted by Gasteiger charge is 2.13. The van der Waals surface area contributed by atoms with Crippen LogP contribution in [0.5, 0.6) is 0 Å². The standard InChI is InChI=1S/C14H13ClN6S/c1-9-12(8-16-20-10(2)17-18-14(20)22)13(15)21(19-9)11-6-4-3-5-7-11/h3-8H,1-2H3,(H,18,22)/b16-8-. The lowest BCUT2D eigenvalue weighted by Gasteiger charge is -2.01. The Morgan fingerprint density at radius 3 is 2.64 bits per heavy atom. The third kappa shape index (κ3) is 2.60. The Morgan fingerprint density at radius 1 is 1.27 bits per heavy atom. The molecule has 2 heterocycles. The minimum absolute atomic E-state index is 0.429. The molecule has 0 bridgehead atoms. The second kappa shape index (κ2) is 5.86. The zero-order chi connectivity index (χ0) is 15.7. The fraction of sp³-hybridized carbons (Fsp3) is 0.143. The lowest BCUT2D eigenvalue weighted by Crippen LogP contribution is -1.96. The molecule has 6 nitrogen and oxygen atoms in total. The molecule has 3 aromatic rings. The molecule has 0 fully saturated rings. The molecule has 2 aromatic heterocycles. The monoisotopic (exact) mass is 332 g/mol. The van der Waals surface area contributed by atoms with Crippen molar-refractivity contribution in [3.63, 3.8) is 0 Å². The quantitative estimate of drug-likeness (QED) is 0.591. The van der Waals surface area contributed by atoms with Gasteiger partial charge in [0.25, 0.3) is 0 Å². The molecule has 1 aromatic carbocycles. The topological polar surface area (TPSA) is 63.8 Å². The van der Waals surface area contributed by atoms with Crippen LogP contribution < -0.4 is 0 Å². The number of benzene rings is 1. The van der Waals surface area contributed by atoms with Crippen LogP contribution in [-0.4, -0.2) is 30.9 Å². The Balaban J connectivity index is 2.03. The summed E-state index contributed by atoms with van der Waals surface area (Å²) in [6, 6.07) is 9.69. The Labute approximate surface area is 137 Å². The van der Waals surface area contributed by atoms with Gasteiger partial charge in [-0.25, -0.2) is 4.68 Å². The van der Waals surface area contributed by atoms with E-state index < -0.39 is 0 Å². The number of hydrogen-bond acceptors (Lipinski definition) is 4. The van der Waals surface area contributed by atoms with Crippen molar-refractivity contribution in [1.29, 1.82) is 0 Å². The Kier molecular flexibility index (Phi) is 3.91. The maximum Gasteiger partial charge on any atom is 0.216 e. The smallest absolute Gasteiger partial charge is 0.216 e. The van der Waals surface area contributed by atoms with Crippen LogP contribution >= 0.6 is 23.8 Å². The van der Waals surface area contributed by atoms with Gasteiger partial charge in [0.2, 0.25) is 4.77 Å². The van der Waals surface area contributed by atoms with E-state index in [4.69, 9.17) is 23.8 Å². The molecule has 8 heteroatoms. The summed E-state index contributed by atoms with van der Waals surface area (Å²) >= 11 is 11.5. The summed E-state index contributed by atoms with van der Waals surface area (Å²) in [5.41, 5.74) is 2.42. The molecule has 0 saturated heterocycles. The van der Waals surface area contributed by atoms with Crippen molar-refractivity contribution in [3.05, 3.63) is 57.3 Å². The van der Waals surface area contributed by atoms with Gasteiger partial charge < -0.3 is 0 Å². The predicted octanol–water partition coefficient (Wildman–Crippen LogP) is 3.28. The molecule has 0 aliphatic rings. The average molecular weight is 333 g/mol. The van der Waals surface area contributed by atoms with E-state index in [1.165, 1.54) is 4.68 Å². The minimum Gasteiger partial charge on any atom is -0.250 e. The Bertz CT molecular complexity index is 890. The summed E-state index contributed by atoms with van der Waals surface area (Å²) in [5.74, 6) is 0.672. The van der Waals surface area contributed by atoms with Gasteiger partial charge >= 0.3 is 0 Å². The highest BCUT2D eigenvalue weighted by molar-refractivity contribution is 7.71. The maximum absolute atomic E-state index is 6.43. The van der Waals surface area contributed by atoms with Gasteiger partial charge in [0.05, 0.1) is 23.2 Å². The number of nitrogens with one attached hydrogen (secondary N) is 1. The summed E-state index contributed by atoms with van der Waals surface area (Å²) < 4.78 is 3.64. The highest BCUT2D eigenvalue weighted by Crippen LogP contribution is 2.22. The molecule has 0 aliphatic carbocycles. The van der Waals surface area contributed by atoms with Crippen LogP contribution in [0.2, 0.25) is 5.15 Å². The van der Waals surface area contributed by atoms with Gasteiger partial charge in [-0.2, -0.15) is 20.0 Å². The number of halogens is 1. The van der Waals surface area contributed by atoms with E-state index in [9.17, 15) is 0 Å². The average Bonchev–Trinajstić information content (AvgIpc) is 2.99. The van der Waals surface area contributed by atoms with Gasteiger partial charge in [0.15, 0.2) is 0 Å². The molecule has 1 N–H and O–H groups in total. The van der Waals surface area contributed by atoms with Gasteiger partial charge in [-0.05, 0) is 38.2 Å². The normalized spacial score (nSPS) is 11.4. The molecule has 0 aliphatic heterocycles. The molecule has 0 spiro atoms. The summed E-state index contributed by atoms with van der Waals surface area (Å²) in [4.78, 5) is 0. The molecule has 22 heavy (non-hydrogen) atoms. The predicted molar refractivity (Wildman–Crippen MR) is 88.5 cm³/mol. The van der Waals surface area contributed by atoms with Crippen LogP contribution in [0.3, 0.4) is 0 Å². The lowest BCUT2D eigenvalue weighted by molar-refractivity contribution is 0.820. The van der Waals surface area contributed by atoms with E-state index in [0.29, 0.717) is 15.7 Å². The molecule has 3 rings (SSSR count). The number of aromatic nitrogens is 5. The third-order valence-corrected chi connectivity index (χ3v) is 3.79. The van der Waals surface area contributed by atoms with Crippen molar-refractivity contribution in [1.82, 2.24) is 24.7 Å². The van der Waals surface area contributed by atoms with Gasteiger partial charge in [-0.1, -0.05) is 29.8 Å². The first kappa shape index (κ1) is 14.7. The van der Waals surface area contributed by atoms with Crippen molar-refractivity contribution in [2.75, 3.05) is 0 Å². The van der Waals surface area contributed by atoms with Crippen LogP contribution in [0.4, 0.5) is 0 Å². The zero-order valence-corrected chi connectivity index (χ0v) is 13.6. The number of nitrogens with zero attached hydrogens (tertiary/aromatic N) is 5. The minimum atomic E-state index is 0.429. The van der Waals surface area contributed by atoms with Gasteiger partial charge in [0, 0.05) is 0 Å². The molecule has 0 saturated carbocycles. The first-order chi connectivity index (χ1) is 10.6. The van der Waals surface area contributed by atoms with Gasteiger partial charge in [-0.15, -0.1) is 0 Å². The second-order valence-electron chi connectivity index (χ2n) is 4.67. The van der Waals surface area contributed by atoms with E-state index in [0.717, 1.165) is 16.9 Å². The Morgan fingerprint density at radius 2 is 2.00 bits per heavy atom. The van der Waals surface area contributed by atoms with Crippen molar-refractivity contribution in [3.8, 4) is 5.69 Å². The summed E-state index contributed by atoms with van der Waals surface area (Å²) in [7, 11) is 0. The number of para-hydroxylation sites is 1. The molecule has 0 unspecified atom stereocenters. The molecular formula is C14H13ClN6S.